The normalized spacial score (nSPS) is 15.6. The lowest BCUT2D eigenvalue weighted by Gasteiger charge is -2.29. The van der Waals surface area contributed by atoms with Gasteiger partial charge in [-0.1, -0.05) is 18.2 Å². The second-order valence-electron chi connectivity index (χ2n) is 7.96. The molecule has 4 rings (SSSR count). The molecule has 0 bridgehead atoms. The monoisotopic (exact) mass is 530 g/mol. The van der Waals surface area contributed by atoms with Crippen molar-refractivity contribution in [3.8, 4) is 11.5 Å². The number of thiophene rings is 1. The quantitative estimate of drug-likeness (QED) is 0.297. The maximum atomic E-state index is 13.4. The number of benzene rings is 2. The Morgan fingerprint density at radius 3 is 2.42 bits per heavy atom. The minimum atomic E-state index is -4.12. The number of ketones is 1. The lowest BCUT2D eigenvalue weighted by atomic mass is 10.1. The molecular formula is C26H27FN2O5S2. The molecule has 7 nitrogen and oxygen atoms in total. The third-order valence-electron chi connectivity index (χ3n) is 5.55. The number of anilines is 1. The van der Waals surface area contributed by atoms with Crippen LogP contribution in [-0.4, -0.2) is 34.0 Å². The molecule has 0 unspecified atom stereocenters. The number of nitrogens with one attached hydrogen (secondary N) is 1. The Labute approximate surface area is 214 Å². The summed E-state index contributed by atoms with van der Waals surface area (Å²) in [6.45, 7) is 5.23. The molecule has 1 aliphatic rings. The molecule has 10 heteroatoms. The third-order valence-corrected chi connectivity index (χ3v) is 8.22. The second-order valence-corrected chi connectivity index (χ2v) is 10.7. The van der Waals surface area contributed by atoms with Crippen molar-refractivity contribution in [3.05, 3.63) is 86.8 Å². The standard InChI is InChI=1S/C26H27FN2O5S2/c1-3-33-22-10-7-18(15-23(22)34-4-2)11-13-28-16-24-25(30)26-21(12-14-35-26)29(36(24,31)32)17-19-5-8-20(27)9-6-19/h5-10,12,14-16,28H,3-4,11,13,17H2,1-2H3/b24-16-. The van der Waals surface area contributed by atoms with Gasteiger partial charge in [-0.15, -0.1) is 11.3 Å². The van der Waals surface area contributed by atoms with Crippen molar-refractivity contribution in [2.45, 2.75) is 26.8 Å². The number of halogens is 1. The Morgan fingerprint density at radius 1 is 1.00 bits per heavy atom. The predicted octanol–water partition coefficient (Wildman–Crippen LogP) is 4.89. The van der Waals surface area contributed by atoms with Gasteiger partial charge in [0.05, 0.1) is 25.4 Å². The van der Waals surface area contributed by atoms with E-state index >= 15 is 0 Å². The predicted molar refractivity (Wildman–Crippen MR) is 139 cm³/mol. The molecule has 1 aromatic heterocycles. The summed E-state index contributed by atoms with van der Waals surface area (Å²) >= 11 is 1.19. The molecule has 0 saturated heterocycles. The van der Waals surface area contributed by atoms with E-state index in [2.05, 4.69) is 5.32 Å². The maximum Gasteiger partial charge on any atom is 0.270 e. The molecule has 0 radical (unpaired) electrons. The lowest BCUT2D eigenvalue weighted by Crippen LogP contribution is -2.38. The van der Waals surface area contributed by atoms with Gasteiger partial charge in [0.1, 0.15) is 10.7 Å². The van der Waals surface area contributed by atoms with E-state index in [1.54, 1.807) is 11.4 Å². The van der Waals surface area contributed by atoms with Gasteiger partial charge in [0.15, 0.2) is 16.4 Å². The van der Waals surface area contributed by atoms with Crippen LogP contribution in [0, 0.1) is 5.82 Å². The summed E-state index contributed by atoms with van der Waals surface area (Å²) < 4.78 is 52.6. The number of carbonyl (C=O) groups excluding carboxylic acids is 1. The molecule has 1 N–H and O–H groups in total. The summed E-state index contributed by atoms with van der Waals surface area (Å²) in [4.78, 5) is 13.1. The van der Waals surface area contributed by atoms with Crippen LogP contribution < -0.4 is 19.1 Å². The van der Waals surface area contributed by atoms with E-state index < -0.39 is 21.6 Å². The van der Waals surface area contributed by atoms with E-state index in [9.17, 15) is 17.6 Å². The largest absolute Gasteiger partial charge is 0.490 e. The number of ether oxygens (including phenoxy) is 2. The average molecular weight is 531 g/mol. The van der Waals surface area contributed by atoms with Crippen LogP contribution in [0.3, 0.4) is 0 Å². The van der Waals surface area contributed by atoms with Crippen molar-refractivity contribution in [1.29, 1.82) is 0 Å². The van der Waals surface area contributed by atoms with Crippen LogP contribution >= 0.6 is 11.3 Å². The van der Waals surface area contributed by atoms with Crippen LogP contribution in [0.4, 0.5) is 10.1 Å². The molecule has 190 valence electrons. The van der Waals surface area contributed by atoms with Crippen molar-refractivity contribution in [3.63, 3.8) is 0 Å². The SMILES string of the molecule is CCOc1ccc(CCN/C=C2/C(=O)c3sccc3N(Cc3ccc(F)cc3)S2(=O)=O)cc1OCC. The van der Waals surface area contributed by atoms with Crippen LogP contribution in [0.5, 0.6) is 11.5 Å². The van der Waals surface area contributed by atoms with Crippen LogP contribution in [0.15, 0.2) is 65.0 Å². The van der Waals surface area contributed by atoms with Gasteiger partial charge in [-0.05, 0) is 67.1 Å². The highest BCUT2D eigenvalue weighted by molar-refractivity contribution is 7.97. The van der Waals surface area contributed by atoms with Gasteiger partial charge in [0.25, 0.3) is 10.0 Å². The summed E-state index contributed by atoms with van der Waals surface area (Å²) in [5.41, 5.74) is 1.92. The number of Topliss-reactive ketones (excluding diaryl/α,β-unsaturated/α-hetero) is 1. The molecule has 36 heavy (non-hydrogen) atoms. The smallest absolute Gasteiger partial charge is 0.270 e. The number of hydrogen-bond acceptors (Lipinski definition) is 7. The van der Waals surface area contributed by atoms with Gasteiger partial charge >= 0.3 is 0 Å². The first-order valence-electron chi connectivity index (χ1n) is 11.6. The second kappa shape index (κ2) is 11.1. The number of fused-ring (bicyclic) bond motifs is 1. The Morgan fingerprint density at radius 2 is 1.69 bits per heavy atom. The van der Waals surface area contributed by atoms with Crippen LogP contribution in [-0.2, 0) is 23.0 Å². The molecule has 2 heterocycles. The zero-order valence-electron chi connectivity index (χ0n) is 20.0. The van der Waals surface area contributed by atoms with E-state index in [-0.39, 0.29) is 11.4 Å². The fourth-order valence-corrected chi connectivity index (χ4v) is 6.35. The topological polar surface area (TPSA) is 84.9 Å². The minimum absolute atomic E-state index is 0.0106. The van der Waals surface area contributed by atoms with E-state index in [4.69, 9.17) is 9.47 Å². The van der Waals surface area contributed by atoms with E-state index in [0.29, 0.717) is 53.8 Å². The number of rotatable bonds is 10. The Bertz CT molecular complexity index is 1370. The molecule has 0 atom stereocenters. The van der Waals surface area contributed by atoms with Crippen molar-refractivity contribution in [2.75, 3.05) is 24.1 Å². The molecule has 2 aromatic carbocycles. The molecule has 1 aliphatic heterocycles. The Hall–Kier alpha value is -3.37. The third kappa shape index (κ3) is 5.39. The van der Waals surface area contributed by atoms with Gasteiger partial charge in [0.2, 0.25) is 5.78 Å². The zero-order valence-corrected chi connectivity index (χ0v) is 21.6. The first kappa shape index (κ1) is 25.7. The van der Waals surface area contributed by atoms with Gasteiger partial charge in [-0.25, -0.2) is 12.8 Å². The summed E-state index contributed by atoms with van der Waals surface area (Å²) in [6.07, 6.45) is 1.85. The van der Waals surface area contributed by atoms with Gasteiger partial charge in [-0.3, -0.25) is 9.10 Å². The fourth-order valence-electron chi connectivity index (χ4n) is 3.84. The minimum Gasteiger partial charge on any atom is -0.490 e. The number of nitrogens with zero attached hydrogens (tertiary/aromatic N) is 1. The Balaban J connectivity index is 1.52. The molecular weight excluding hydrogens is 503 g/mol. The van der Waals surface area contributed by atoms with E-state index in [1.165, 1.54) is 46.1 Å². The van der Waals surface area contributed by atoms with Gasteiger partial charge in [0, 0.05) is 12.7 Å². The van der Waals surface area contributed by atoms with Crippen molar-refractivity contribution < 1.29 is 27.1 Å². The van der Waals surface area contributed by atoms with E-state index in [0.717, 1.165) is 5.56 Å². The summed E-state index contributed by atoms with van der Waals surface area (Å²) in [7, 11) is -4.12. The van der Waals surface area contributed by atoms with Crippen LogP contribution in [0.1, 0.15) is 34.6 Å². The maximum absolute atomic E-state index is 13.4. The van der Waals surface area contributed by atoms with Crippen LogP contribution in [0.2, 0.25) is 0 Å². The van der Waals surface area contributed by atoms with E-state index in [1.807, 2.05) is 32.0 Å². The van der Waals surface area contributed by atoms with Crippen LogP contribution in [0.25, 0.3) is 0 Å². The number of hydrogen-bond donors (Lipinski definition) is 1. The van der Waals surface area contributed by atoms with Gasteiger partial charge in [-0.2, -0.15) is 0 Å². The molecule has 0 amide bonds. The summed E-state index contributed by atoms with van der Waals surface area (Å²) in [6, 6.07) is 12.9. The van der Waals surface area contributed by atoms with Crippen molar-refractivity contribution in [1.82, 2.24) is 5.32 Å². The van der Waals surface area contributed by atoms with Crippen molar-refractivity contribution in [2.24, 2.45) is 0 Å². The highest BCUT2D eigenvalue weighted by Gasteiger charge is 2.41. The Kier molecular flexibility index (Phi) is 7.95. The molecule has 0 spiro atoms. The highest BCUT2D eigenvalue weighted by atomic mass is 32.2. The average Bonchev–Trinajstić information content (AvgIpc) is 3.34. The number of allylic oxidation sites excluding steroid dienone is 1. The zero-order chi connectivity index (χ0) is 25.7. The number of sulfonamides is 1. The molecule has 3 aromatic rings. The first-order chi connectivity index (χ1) is 17.3. The number of carbonyl (C=O) groups is 1. The highest BCUT2D eigenvalue weighted by Crippen LogP contribution is 2.39. The fraction of sp³-hybridized carbons (Fsp3) is 0.269. The molecule has 0 fully saturated rings. The summed E-state index contributed by atoms with van der Waals surface area (Å²) in [5.74, 6) is 0.381. The van der Waals surface area contributed by atoms with Gasteiger partial charge < -0.3 is 14.8 Å². The lowest BCUT2D eigenvalue weighted by molar-refractivity contribution is 0.104. The van der Waals surface area contributed by atoms with Crippen molar-refractivity contribution >= 4 is 32.8 Å². The molecule has 0 saturated carbocycles. The first-order valence-corrected chi connectivity index (χ1v) is 13.9. The molecule has 0 aliphatic carbocycles. The summed E-state index contributed by atoms with van der Waals surface area (Å²) in [5, 5.41) is 4.68.